The molecular formula is CH3ClO2S. The third-order valence-electron chi connectivity index (χ3n) is 0.0972. The fraction of sp³-hybridized carbons (Fsp3) is 1.00. The average molecular weight is 115 g/mol. The van der Waals surface area contributed by atoms with E-state index in [1.807, 2.05) is 0 Å². The number of rotatable bonds is 2. The average Bonchev–Trinajstić information content (AvgIpc) is 1.41. The van der Waals surface area contributed by atoms with Gasteiger partial charge in [-0.05, 0) is 0 Å². The number of alkyl halides is 1. The van der Waals surface area contributed by atoms with E-state index in [0.717, 1.165) is 12.0 Å². The van der Waals surface area contributed by atoms with Crippen LogP contribution in [0.5, 0.6) is 0 Å². The minimum absolute atomic E-state index is 0.260. The highest BCUT2D eigenvalue weighted by molar-refractivity contribution is 7.95. The van der Waals surface area contributed by atoms with E-state index >= 15 is 0 Å². The maximum Gasteiger partial charge on any atom is 0.0974 e. The molecule has 0 radical (unpaired) electrons. The van der Waals surface area contributed by atoms with Crippen LogP contribution in [-0.2, 0) is 4.33 Å². The predicted octanol–water partition coefficient (Wildman–Crippen LogP) is 1.32. The van der Waals surface area contributed by atoms with Gasteiger partial charge in [0.15, 0.2) is 0 Å². The monoisotopic (exact) mass is 114 g/mol. The van der Waals surface area contributed by atoms with Crippen molar-refractivity contribution in [3.63, 3.8) is 0 Å². The lowest BCUT2D eigenvalue weighted by atomic mass is 11.9. The van der Waals surface area contributed by atoms with Gasteiger partial charge in [0.2, 0.25) is 0 Å². The van der Waals surface area contributed by atoms with Crippen molar-refractivity contribution in [1.82, 2.24) is 0 Å². The van der Waals surface area contributed by atoms with Crippen molar-refractivity contribution in [2.75, 3.05) is 5.21 Å². The smallest absolute Gasteiger partial charge is 0.0974 e. The van der Waals surface area contributed by atoms with Gasteiger partial charge in [0.25, 0.3) is 0 Å². The lowest BCUT2D eigenvalue weighted by Crippen LogP contribution is -1.62. The lowest BCUT2D eigenvalue weighted by Gasteiger charge is -1.78. The maximum absolute atomic E-state index is 7.44. The van der Waals surface area contributed by atoms with Crippen molar-refractivity contribution in [2.24, 2.45) is 0 Å². The van der Waals surface area contributed by atoms with Crippen LogP contribution < -0.4 is 0 Å². The maximum atomic E-state index is 7.44. The summed E-state index contributed by atoms with van der Waals surface area (Å²) in [5, 5.41) is 7.71. The lowest BCUT2D eigenvalue weighted by molar-refractivity contribution is -0.116. The summed E-state index contributed by atoms with van der Waals surface area (Å²) < 4.78 is 3.48. The second-order valence-corrected chi connectivity index (χ2v) is 1.56. The van der Waals surface area contributed by atoms with Crippen molar-refractivity contribution in [2.45, 2.75) is 0 Å². The molecule has 1 N–H and O–H groups in total. The van der Waals surface area contributed by atoms with Gasteiger partial charge in [-0.25, -0.2) is 5.26 Å². The standard InChI is InChI=1S/CH3ClO2S/c2-1-5-4-3/h3H,1H2. The molecule has 5 heavy (non-hydrogen) atoms. The second-order valence-electron chi connectivity index (χ2n) is 0.301. The molecule has 0 aliphatic heterocycles. The van der Waals surface area contributed by atoms with Gasteiger partial charge in [0, 0.05) is 12.0 Å². The highest BCUT2D eigenvalue weighted by atomic mass is 35.5. The van der Waals surface area contributed by atoms with E-state index < -0.39 is 0 Å². The summed E-state index contributed by atoms with van der Waals surface area (Å²) in [7, 11) is 0. The molecule has 0 atom stereocenters. The zero-order chi connectivity index (χ0) is 4.12. The van der Waals surface area contributed by atoms with Crippen LogP contribution >= 0.6 is 23.6 Å². The van der Waals surface area contributed by atoms with Crippen LogP contribution in [-0.4, -0.2) is 10.5 Å². The minimum atomic E-state index is 0.260. The number of halogens is 1. The molecular weight excluding hydrogens is 112 g/mol. The molecule has 4 heteroatoms. The Hall–Kier alpha value is 0.560. The van der Waals surface area contributed by atoms with Gasteiger partial charge in [-0.15, -0.1) is 11.6 Å². The molecule has 0 aliphatic carbocycles. The largest absolute Gasteiger partial charge is 0.239 e. The molecule has 0 aromatic heterocycles. The summed E-state index contributed by atoms with van der Waals surface area (Å²) in [6, 6.07) is 0. The Balaban J connectivity index is 2.19. The highest BCUT2D eigenvalue weighted by Crippen LogP contribution is 1.98. The van der Waals surface area contributed by atoms with Crippen molar-refractivity contribution < 1.29 is 9.59 Å². The van der Waals surface area contributed by atoms with Crippen molar-refractivity contribution in [1.29, 1.82) is 0 Å². The highest BCUT2D eigenvalue weighted by Gasteiger charge is 1.72. The van der Waals surface area contributed by atoms with E-state index in [1.54, 1.807) is 0 Å². The first-order valence-corrected chi connectivity index (χ1v) is 2.35. The molecule has 0 unspecified atom stereocenters. The van der Waals surface area contributed by atoms with E-state index in [2.05, 4.69) is 4.33 Å². The topological polar surface area (TPSA) is 29.5 Å². The van der Waals surface area contributed by atoms with Gasteiger partial charge in [-0.2, -0.15) is 4.33 Å². The second kappa shape index (κ2) is 4.56. The van der Waals surface area contributed by atoms with Gasteiger partial charge in [0.1, 0.15) is 0 Å². The molecule has 0 amide bonds. The molecule has 0 bridgehead atoms. The van der Waals surface area contributed by atoms with E-state index in [-0.39, 0.29) is 5.21 Å². The Labute approximate surface area is 39.2 Å². The molecule has 0 saturated heterocycles. The van der Waals surface area contributed by atoms with Crippen molar-refractivity contribution in [3.8, 4) is 0 Å². The van der Waals surface area contributed by atoms with Crippen LogP contribution in [0.2, 0.25) is 0 Å². The Morgan fingerprint density at radius 2 is 2.60 bits per heavy atom. The summed E-state index contributed by atoms with van der Waals surface area (Å²) in [4.78, 5) is 0. The summed E-state index contributed by atoms with van der Waals surface area (Å²) in [5.41, 5.74) is 0. The molecule has 0 spiro atoms. The van der Waals surface area contributed by atoms with Gasteiger partial charge in [-0.3, -0.25) is 0 Å². The predicted molar refractivity (Wildman–Crippen MR) is 22.0 cm³/mol. The van der Waals surface area contributed by atoms with Gasteiger partial charge in [0.05, 0.1) is 5.21 Å². The van der Waals surface area contributed by atoms with Crippen LogP contribution in [0, 0.1) is 0 Å². The Morgan fingerprint density at radius 1 is 2.00 bits per heavy atom. The summed E-state index contributed by atoms with van der Waals surface area (Å²) in [6.07, 6.45) is 0. The van der Waals surface area contributed by atoms with E-state index in [4.69, 9.17) is 16.9 Å². The van der Waals surface area contributed by atoms with Crippen LogP contribution in [0.25, 0.3) is 0 Å². The Morgan fingerprint density at radius 3 is 2.60 bits per heavy atom. The van der Waals surface area contributed by atoms with Gasteiger partial charge >= 0.3 is 0 Å². The van der Waals surface area contributed by atoms with E-state index in [1.165, 1.54) is 0 Å². The molecule has 2 nitrogen and oxygen atoms in total. The van der Waals surface area contributed by atoms with Crippen LogP contribution in [0.4, 0.5) is 0 Å². The number of hydrogen-bond donors (Lipinski definition) is 1. The molecule has 0 rings (SSSR count). The molecule has 0 aromatic rings. The zero-order valence-corrected chi connectivity index (χ0v) is 3.92. The number of hydrogen-bond acceptors (Lipinski definition) is 3. The third-order valence-corrected chi connectivity index (χ3v) is 0.559. The van der Waals surface area contributed by atoms with Crippen molar-refractivity contribution >= 4 is 23.6 Å². The quantitative estimate of drug-likeness (QED) is 0.254. The molecule has 32 valence electrons. The van der Waals surface area contributed by atoms with Crippen LogP contribution in [0.15, 0.2) is 0 Å². The van der Waals surface area contributed by atoms with Gasteiger partial charge in [-0.1, -0.05) is 0 Å². The van der Waals surface area contributed by atoms with Gasteiger partial charge < -0.3 is 0 Å². The fourth-order valence-corrected chi connectivity index (χ4v) is 0.179. The fourth-order valence-electron chi connectivity index (χ4n) is 0.0199. The molecule has 0 aliphatic rings. The SMILES string of the molecule is OOSCCl. The first-order chi connectivity index (χ1) is 2.41. The summed E-state index contributed by atoms with van der Waals surface area (Å²) >= 11 is 5.76. The Bertz CT molecular complexity index is 17.1. The summed E-state index contributed by atoms with van der Waals surface area (Å²) in [6.45, 7) is 0. The first-order valence-electron chi connectivity index (χ1n) is 0.905. The zero-order valence-electron chi connectivity index (χ0n) is 2.35. The molecule has 0 aromatic carbocycles. The van der Waals surface area contributed by atoms with Crippen molar-refractivity contribution in [3.05, 3.63) is 0 Å². The molecule has 0 fully saturated rings. The third kappa shape index (κ3) is 4.56. The molecule has 0 saturated carbocycles. The first kappa shape index (κ1) is 5.56. The van der Waals surface area contributed by atoms with Crippen LogP contribution in [0.1, 0.15) is 0 Å². The normalized spacial score (nSPS) is 8.40. The minimum Gasteiger partial charge on any atom is -0.239 e. The van der Waals surface area contributed by atoms with Crippen LogP contribution in [0.3, 0.4) is 0 Å². The molecule has 0 heterocycles. The van der Waals surface area contributed by atoms with E-state index in [9.17, 15) is 0 Å². The Kier molecular flexibility index (Phi) is 5.07. The summed E-state index contributed by atoms with van der Waals surface area (Å²) in [5.74, 6) is 0. The van der Waals surface area contributed by atoms with E-state index in [0.29, 0.717) is 0 Å².